The Hall–Kier alpha value is -1.68. The topological polar surface area (TPSA) is 21.1 Å². The Balaban J connectivity index is 1.68. The summed E-state index contributed by atoms with van der Waals surface area (Å²) in [5.74, 6) is -0.160. The Morgan fingerprint density at radius 3 is 2.75 bits per heavy atom. The zero-order valence-corrected chi connectivity index (χ0v) is 11.6. The largest absolute Gasteiger partial charge is 0.294 e. The van der Waals surface area contributed by atoms with E-state index in [1.165, 1.54) is 18.4 Å². The van der Waals surface area contributed by atoms with Crippen LogP contribution in [0.3, 0.4) is 0 Å². The fourth-order valence-corrected chi connectivity index (χ4v) is 2.98. The van der Waals surface area contributed by atoms with Crippen LogP contribution in [0.25, 0.3) is 0 Å². The maximum atomic E-state index is 13.1. The second-order valence-electron chi connectivity index (χ2n) is 5.37. The van der Waals surface area contributed by atoms with Gasteiger partial charge in [-0.3, -0.25) is 9.58 Å². The van der Waals surface area contributed by atoms with E-state index in [1.807, 2.05) is 35.3 Å². The minimum atomic E-state index is -0.160. The van der Waals surface area contributed by atoms with Crippen molar-refractivity contribution in [1.82, 2.24) is 14.7 Å². The summed E-state index contributed by atoms with van der Waals surface area (Å²) in [6.45, 7) is 3.01. The highest BCUT2D eigenvalue weighted by Gasteiger charge is 2.23. The van der Waals surface area contributed by atoms with E-state index in [-0.39, 0.29) is 5.82 Å². The number of halogens is 1. The van der Waals surface area contributed by atoms with Gasteiger partial charge in [0.05, 0.1) is 6.54 Å². The SMILES string of the molecule is Fc1ccc(C2CCCCN2CCn2cccn2)cc1. The molecule has 0 N–H and O–H groups in total. The van der Waals surface area contributed by atoms with E-state index >= 15 is 0 Å². The molecule has 106 valence electrons. The number of nitrogens with zero attached hydrogens (tertiary/aromatic N) is 3. The summed E-state index contributed by atoms with van der Waals surface area (Å²) in [5, 5.41) is 4.25. The molecule has 1 saturated heterocycles. The van der Waals surface area contributed by atoms with Crippen molar-refractivity contribution in [3.05, 3.63) is 54.1 Å². The molecular weight excluding hydrogens is 253 g/mol. The Kier molecular flexibility index (Phi) is 4.11. The Bertz CT molecular complexity index is 521. The minimum absolute atomic E-state index is 0.160. The third-order valence-corrected chi connectivity index (χ3v) is 4.04. The molecule has 2 aromatic rings. The fourth-order valence-electron chi connectivity index (χ4n) is 2.98. The number of benzene rings is 1. The summed E-state index contributed by atoms with van der Waals surface area (Å²) in [6.07, 6.45) is 7.46. The molecule has 1 atom stereocenters. The van der Waals surface area contributed by atoms with Crippen molar-refractivity contribution in [2.24, 2.45) is 0 Å². The van der Waals surface area contributed by atoms with Gasteiger partial charge < -0.3 is 0 Å². The highest BCUT2D eigenvalue weighted by molar-refractivity contribution is 5.20. The van der Waals surface area contributed by atoms with Crippen molar-refractivity contribution in [2.75, 3.05) is 13.1 Å². The standard InChI is InChI=1S/C16H20FN3/c17-15-7-5-14(6-8-15)16-4-1-2-10-19(16)12-13-20-11-3-9-18-20/h3,5-9,11,16H,1-2,4,10,12-13H2. The first-order valence-corrected chi connectivity index (χ1v) is 7.30. The van der Waals surface area contributed by atoms with Crippen LogP contribution in [0.5, 0.6) is 0 Å². The summed E-state index contributed by atoms with van der Waals surface area (Å²) in [6, 6.07) is 9.34. The average Bonchev–Trinajstić information content (AvgIpc) is 3.00. The summed E-state index contributed by atoms with van der Waals surface area (Å²) in [7, 11) is 0. The van der Waals surface area contributed by atoms with Crippen molar-refractivity contribution in [3.8, 4) is 0 Å². The van der Waals surface area contributed by atoms with Gasteiger partial charge in [-0.05, 0) is 43.1 Å². The first kappa shape index (κ1) is 13.3. The summed E-state index contributed by atoms with van der Waals surface area (Å²) < 4.78 is 15.0. The van der Waals surface area contributed by atoms with Crippen LogP contribution in [0, 0.1) is 5.82 Å². The summed E-state index contributed by atoms with van der Waals surface area (Å²) >= 11 is 0. The Morgan fingerprint density at radius 2 is 2.00 bits per heavy atom. The molecule has 1 aliphatic heterocycles. The third-order valence-electron chi connectivity index (χ3n) is 4.04. The predicted molar refractivity (Wildman–Crippen MR) is 76.8 cm³/mol. The normalized spacial score (nSPS) is 20.1. The van der Waals surface area contributed by atoms with Gasteiger partial charge in [-0.1, -0.05) is 18.6 Å². The molecule has 0 bridgehead atoms. The first-order chi connectivity index (χ1) is 9.83. The lowest BCUT2D eigenvalue weighted by Gasteiger charge is -2.36. The van der Waals surface area contributed by atoms with E-state index in [2.05, 4.69) is 10.00 Å². The van der Waals surface area contributed by atoms with Crippen molar-refractivity contribution in [3.63, 3.8) is 0 Å². The molecule has 0 aliphatic carbocycles. The lowest BCUT2D eigenvalue weighted by molar-refractivity contribution is 0.141. The number of hydrogen-bond donors (Lipinski definition) is 0. The van der Waals surface area contributed by atoms with Crippen molar-refractivity contribution in [2.45, 2.75) is 31.8 Å². The molecule has 0 amide bonds. The summed E-state index contributed by atoms with van der Waals surface area (Å²) in [4.78, 5) is 2.50. The predicted octanol–water partition coefficient (Wildman–Crippen LogP) is 3.25. The van der Waals surface area contributed by atoms with Gasteiger partial charge in [-0.2, -0.15) is 5.10 Å². The second-order valence-corrected chi connectivity index (χ2v) is 5.37. The van der Waals surface area contributed by atoms with Gasteiger partial charge in [0.25, 0.3) is 0 Å². The molecule has 1 unspecified atom stereocenters. The van der Waals surface area contributed by atoms with E-state index in [9.17, 15) is 4.39 Å². The maximum Gasteiger partial charge on any atom is 0.123 e. The van der Waals surface area contributed by atoms with Crippen molar-refractivity contribution in [1.29, 1.82) is 0 Å². The van der Waals surface area contributed by atoms with E-state index < -0.39 is 0 Å². The van der Waals surface area contributed by atoms with Gasteiger partial charge in [0, 0.05) is 25.0 Å². The quantitative estimate of drug-likeness (QED) is 0.852. The van der Waals surface area contributed by atoms with E-state index in [1.54, 1.807) is 12.1 Å². The van der Waals surface area contributed by atoms with Gasteiger partial charge in [0.1, 0.15) is 5.82 Å². The minimum Gasteiger partial charge on any atom is -0.294 e. The van der Waals surface area contributed by atoms with Crippen molar-refractivity contribution < 1.29 is 4.39 Å². The molecule has 2 heterocycles. The number of hydrogen-bond acceptors (Lipinski definition) is 2. The first-order valence-electron chi connectivity index (χ1n) is 7.30. The van der Waals surface area contributed by atoms with E-state index in [4.69, 9.17) is 0 Å². The molecule has 4 heteroatoms. The zero-order chi connectivity index (χ0) is 13.8. The van der Waals surface area contributed by atoms with Crippen LogP contribution in [0.2, 0.25) is 0 Å². The molecule has 3 rings (SSSR count). The second kappa shape index (κ2) is 6.18. The highest BCUT2D eigenvalue weighted by atomic mass is 19.1. The molecule has 3 nitrogen and oxygen atoms in total. The molecule has 1 aliphatic rings. The van der Waals surface area contributed by atoms with Gasteiger partial charge in [0.15, 0.2) is 0 Å². The smallest absolute Gasteiger partial charge is 0.123 e. The molecule has 1 aromatic heterocycles. The fraction of sp³-hybridized carbons (Fsp3) is 0.438. The molecular formula is C16H20FN3. The molecule has 0 radical (unpaired) electrons. The van der Waals surface area contributed by atoms with Crippen LogP contribution in [0.15, 0.2) is 42.7 Å². The monoisotopic (exact) mass is 273 g/mol. The number of aromatic nitrogens is 2. The van der Waals surface area contributed by atoms with Gasteiger partial charge in [-0.15, -0.1) is 0 Å². The number of likely N-dealkylation sites (tertiary alicyclic amines) is 1. The number of piperidine rings is 1. The Labute approximate surface area is 119 Å². The van der Waals surface area contributed by atoms with E-state index in [0.717, 1.165) is 26.1 Å². The molecule has 20 heavy (non-hydrogen) atoms. The Morgan fingerprint density at radius 1 is 1.15 bits per heavy atom. The van der Waals surface area contributed by atoms with Crippen molar-refractivity contribution >= 4 is 0 Å². The lowest BCUT2D eigenvalue weighted by atomic mass is 9.95. The summed E-state index contributed by atoms with van der Waals surface area (Å²) in [5.41, 5.74) is 1.23. The van der Waals surface area contributed by atoms with E-state index in [0.29, 0.717) is 6.04 Å². The van der Waals surface area contributed by atoms with Gasteiger partial charge in [0.2, 0.25) is 0 Å². The maximum absolute atomic E-state index is 13.1. The van der Waals surface area contributed by atoms with Crippen LogP contribution in [-0.2, 0) is 6.54 Å². The van der Waals surface area contributed by atoms with Crippen LogP contribution >= 0.6 is 0 Å². The molecule has 1 fully saturated rings. The highest BCUT2D eigenvalue weighted by Crippen LogP contribution is 2.30. The van der Waals surface area contributed by atoms with Gasteiger partial charge >= 0.3 is 0 Å². The third kappa shape index (κ3) is 3.07. The molecule has 1 aromatic carbocycles. The number of rotatable bonds is 4. The van der Waals surface area contributed by atoms with Crippen LogP contribution in [-0.4, -0.2) is 27.8 Å². The van der Waals surface area contributed by atoms with Crippen LogP contribution in [0.1, 0.15) is 30.9 Å². The van der Waals surface area contributed by atoms with Crippen LogP contribution in [0.4, 0.5) is 4.39 Å². The van der Waals surface area contributed by atoms with Crippen LogP contribution < -0.4 is 0 Å². The average molecular weight is 273 g/mol. The zero-order valence-electron chi connectivity index (χ0n) is 11.6. The van der Waals surface area contributed by atoms with Gasteiger partial charge in [-0.25, -0.2) is 4.39 Å². The lowest BCUT2D eigenvalue weighted by Crippen LogP contribution is -2.35. The molecule has 0 spiro atoms. The molecule has 0 saturated carbocycles.